The number of carbonyl (C=O) groups excluding carboxylic acids is 2. The Balaban J connectivity index is 2.13. The summed E-state index contributed by atoms with van der Waals surface area (Å²) >= 11 is 0. The predicted molar refractivity (Wildman–Crippen MR) is 158 cm³/mol. The second-order valence-corrected chi connectivity index (χ2v) is 12.9. The van der Waals surface area contributed by atoms with Crippen LogP contribution in [0.15, 0.2) is 33.5 Å². The molecular formula is C32H39F3N2O5. The van der Waals surface area contributed by atoms with Crippen molar-refractivity contribution in [1.82, 2.24) is 0 Å². The number of carbonyl (C=O) groups is 2. The molecule has 0 aliphatic carbocycles. The molecular weight excluding hydrogens is 549 g/mol. The topological polar surface area (TPSA) is 97.6 Å². The molecule has 0 spiro atoms. The van der Waals surface area contributed by atoms with Crippen LogP contribution in [0.1, 0.15) is 73.8 Å². The first-order valence-electron chi connectivity index (χ1n) is 13.9. The molecule has 10 heteroatoms. The number of anilines is 2. The molecule has 0 aliphatic heterocycles. The van der Waals surface area contributed by atoms with Crippen LogP contribution in [0.5, 0.6) is 0 Å². The van der Waals surface area contributed by atoms with Crippen molar-refractivity contribution in [3.8, 4) is 11.3 Å². The Morgan fingerprint density at radius 1 is 0.929 bits per heavy atom. The fraction of sp³-hybridized carbons (Fsp3) is 0.469. The zero-order valence-electron chi connectivity index (χ0n) is 25.4. The number of benzene rings is 2. The van der Waals surface area contributed by atoms with Crippen LogP contribution in [0.25, 0.3) is 22.3 Å². The fourth-order valence-electron chi connectivity index (χ4n) is 3.91. The number of ether oxygens (including phenoxy) is 1. The van der Waals surface area contributed by atoms with E-state index in [9.17, 15) is 18.8 Å². The van der Waals surface area contributed by atoms with Gasteiger partial charge in [0.1, 0.15) is 11.6 Å². The Morgan fingerprint density at radius 2 is 1.55 bits per heavy atom. The van der Waals surface area contributed by atoms with Gasteiger partial charge in [0.25, 0.3) is 0 Å². The second kappa shape index (κ2) is 12.7. The molecule has 42 heavy (non-hydrogen) atoms. The maximum atomic E-state index is 15.8. The molecule has 0 aliphatic rings. The zero-order chi connectivity index (χ0) is 31.6. The molecule has 2 amide bonds. The van der Waals surface area contributed by atoms with Crippen LogP contribution in [-0.2, 0) is 20.9 Å². The van der Waals surface area contributed by atoms with Gasteiger partial charge >= 0.3 is 0 Å². The minimum atomic E-state index is -1.16. The third kappa shape index (κ3) is 7.59. The van der Waals surface area contributed by atoms with E-state index >= 15 is 8.78 Å². The van der Waals surface area contributed by atoms with Crippen LogP contribution in [0.4, 0.5) is 24.5 Å². The average Bonchev–Trinajstić information content (AvgIpc) is 2.87. The highest BCUT2D eigenvalue weighted by molar-refractivity contribution is 6.03. The number of nitrogens with one attached hydrogen (secondary N) is 2. The van der Waals surface area contributed by atoms with E-state index in [0.717, 1.165) is 18.6 Å². The largest absolute Gasteiger partial charge is 0.453 e. The van der Waals surface area contributed by atoms with Crippen LogP contribution < -0.4 is 16.1 Å². The van der Waals surface area contributed by atoms with E-state index in [4.69, 9.17) is 9.15 Å². The van der Waals surface area contributed by atoms with Gasteiger partial charge in [-0.3, -0.25) is 14.4 Å². The van der Waals surface area contributed by atoms with Crippen molar-refractivity contribution in [1.29, 1.82) is 0 Å². The number of amides is 2. The summed E-state index contributed by atoms with van der Waals surface area (Å²) in [5.41, 5.74) is -4.20. The molecule has 2 aromatic carbocycles. The lowest BCUT2D eigenvalue weighted by Crippen LogP contribution is -2.29. The lowest BCUT2D eigenvalue weighted by molar-refractivity contribution is -0.123. The van der Waals surface area contributed by atoms with E-state index in [2.05, 4.69) is 10.6 Å². The number of fused-ring (bicyclic) bond motifs is 1. The minimum absolute atomic E-state index is 0.0794. The van der Waals surface area contributed by atoms with Crippen molar-refractivity contribution in [2.45, 2.75) is 74.8 Å². The van der Waals surface area contributed by atoms with Crippen molar-refractivity contribution in [3.05, 3.63) is 57.5 Å². The lowest BCUT2D eigenvalue weighted by atomic mass is 9.95. The molecule has 0 atom stereocenters. The Bertz CT molecular complexity index is 1550. The average molecular weight is 589 g/mol. The maximum Gasteiger partial charge on any atom is 0.229 e. The smallest absolute Gasteiger partial charge is 0.229 e. The normalized spacial score (nSPS) is 12.2. The maximum absolute atomic E-state index is 15.8. The summed E-state index contributed by atoms with van der Waals surface area (Å²) in [6, 6.07) is 4.70. The highest BCUT2D eigenvalue weighted by Crippen LogP contribution is 2.35. The molecule has 0 radical (unpaired) electrons. The molecule has 0 fully saturated rings. The van der Waals surface area contributed by atoms with Gasteiger partial charge in [-0.05, 0) is 37.0 Å². The molecule has 1 heterocycles. The van der Waals surface area contributed by atoms with Gasteiger partial charge in [0.05, 0.1) is 28.9 Å². The Hall–Kier alpha value is -3.66. The van der Waals surface area contributed by atoms with Crippen LogP contribution in [0, 0.1) is 34.2 Å². The van der Waals surface area contributed by atoms with Gasteiger partial charge in [-0.2, -0.15) is 0 Å². The van der Waals surface area contributed by atoms with Gasteiger partial charge in [-0.1, -0.05) is 55.4 Å². The summed E-state index contributed by atoms with van der Waals surface area (Å²) in [6.07, 6.45) is 1.54. The van der Waals surface area contributed by atoms with Crippen molar-refractivity contribution in [2.24, 2.45) is 16.7 Å². The van der Waals surface area contributed by atoms with Gasteiger partial charge in [0.2, 0.25) is 11.8 Å². The van der Waals surface area contributed by atoms with Gasteiger partial charge in [-0.25, -0.2) is 13.2 Å². The van der Waals surface area contributed by atoms with E-state index in [1.165, 1.54) is 12.1 Å². The second-order valence-electron chi connectivity index (χ2n) is 12.9. The Labute approximate surface area is 243 Å². The minimum Gasteiger partial charge on any atom is -0.453 e. The lowest BCUT2D eigenvalue weighted by Gasteiger charge is -2.20. The molecule has 228 valence electrons. The van der Waals surface area contributed by atoms with E-state index in [1.54, 1.807) is 41.5 Å². The van der Waals surface area contributed by atoms with Crippen molar-refractivity contribution < 1.29 is 31.9 Å². The van der Waals surface area contributed by atoms with E-state index in [0.29, 0.717) is 12.3 Å². The fourth-order valence-corrected chi connectivity index (χ4v) is 3.91. The highest BCUT2D eigenvalue weighted by atomic mass is 19.1. The van der Waals surface area contributed by atoms with Gasteiger partial charge < -0.3 is 19.8 Å². The van der Waals surface area contributed by atoms with Gasteiger partial charge in [0.15, 0.2) is 22.6 Å². The van der Waals surface area contributed by atoms with E-state index in [-0.39, 0.29) is 23.6 Å². The van der Waals surface area contributed by atoms with Crippen molar-refractivity contribution in [2.75, 3.05) is 17.2 Å². The van der Waals surface area contributed by atoms with Gasteiger partial charge in [0, 0.05) is 29.1 Å². The molecule has 1 aromatic heterocycles. The van der Waals surface area contributed by atoms with Gasteiger partial charge in [-0.15, -0.1) is 0 Å². The zero-order valence-corrected chi connectivity index (χ0v) is 25.4. The summed E-state index contributed by atoms with van der Waals surface area (Å²) in [6.45, 7) is 13.7. The first kappa shape index (κ1) is 32.8. The summed E-state index contributed by atoms with van der Waals surface area (Å²) in [7, 11) is 0. The molecule has 0 saturated heterocycles. The van der Waals surface area contributed by atoms with Crippen LogP contribution in [0.3, 0.4) is 0 Å². The standard InChI is InChI=1S/C32H39F3N2O5/c1-17(2)10-9-13-41-16-19-25(34)27(37-30(40)32(6,7)8)24-22(38)15-23(42-28(24)26(19)35)18-11-12-21(20(33)14-18)36-29(39)31(3,4)5/h11-12,14-15,17H,9-10,13,16H2,1-8H3,(H,36,39)(H,37,40). The first-order chi connectivity index (χ1) is 19.4. The quantitative estimate of drug-likeness (QED) is 0.249. The monoisotopic (exact) mass is 588 g/mol. The third-order valence-electron chi connectivity index (χ3n) is 6.57. The first-order valence-corrected chi connectivity index (χ1v) is 13.9. The molecule has 7 nitrogen and oxygen atoms in total. The van der Waals surface area contributed by atoms with E-state index < -0.39 is 74.4 Å². The molecule has 0 saturated carbocycles. The van der Waals surface area contributed by atoms with Crippen LogP contribution in [-0.4, -0.2) is 18.4 Å². The van der Waals surface area contributed by atoms with Crippen molar-refractivity contribution in [3.63, 3.8) is 0 Å². The summed E-state index contributed by atoms with van der Waals surface area (Å²) in [5.74, 6) is -3.86. The number of hydrogen-bond donors (Lipinski definition) is 2. The van der Waals surface area contributed by atoms with E-state index in [1.807, 2.05) is 13.8 Å². The third-order valence-corrected chi connectivity index (χ3v) is 6.57. The summed E-state index contributed by atoms with van der Waals surface area (Å²) in [4.78, 5) is 38.4. The predicted octanol–water partition coefficient (Wildman–Crippen LogP) is 7.80. The Kier molecular flexibility index (Phi) is 9.92. The van der Waals surface area contributed by atoms with Crippen LogP contribution >= 0.6 is 0 Å². The molecule has 2 N–H and O–H groups in total. The highest BCUT2D eigenvalue weighted by Gasteiger charge is 2.29. The number of rotatable bonds is 9. The van der Waals surface area contributed by atoms with Crippen LogP contribution in [0.2, 0.25) is 0 Å². The van der Waals surface area contributed by atoms with Crippen molar-refractivity contribution >= 4 is 34.2 Å². The summed E-state index contributed by atoms with van der Waals surface area (Å²) in [5, 5.41) is 4.43. The SMILES string of the molecule is CC(C)CCCOCc1c(F)c(NC(=O)C(C)(C)C)c2c(=O)cc(-c3ccc(NC(=O)C(C)(C)C)c(F)c3)oc2c1F. The molecule has 3 aromatic rings. The molecule has 0 bridgehead atoms. The summed E-state index contributed by atoms with van der Waals surface area (Å²) < 4.78 is 57.8. The Morgan fingerprint density at radius 3 is 2.12 bits per heavy atom. The molecule has 0 unspecified atom stereocenters. The number of hydrogen-bond acceptors (Lipinski definition) is 5. The molecule has 3 rings (SSSR count). The number of halogens is 3.